The molecule has 1 aromatic carbocycles. The van der Waals surface area contributed by atoms with Crippen molar-refractivity contribution in [1.29, 1.82) is 0 Å². The molecule has 3 rings (SSSR count). The molecule has 0 saturated carbocycles. The molecule has 150 valence electrons. The number of halogens is 2. The summed E-state index contributed by atoms with van der Waals surface area (Å²) in [5.41, 5.74) is 3.80. The zero-order valence-corrected chi connectivity index (χ0v) is 17.4. The highest BCUT2D eigenvalue weighted by molar-refractivity contribution is 9.09. The Balaban J connectivity index is 1.52. The third kappa shape index (κ3) is 5.13. The maximum atomic E-state index is 13.0. The van der Waals surface area contributed by atoms with Gasteiger partial charge in [-0.05, 0) is 49.5 Å². The van der Waals surface area contributed by atoms with Gasteiger partial charge >= 0.3 is 12.1 Å². The van der Waals surface area contributed by atoms with Crippen molar-refractivity contribution in [2.75, 3.05) is 6.54 Å². The van der Waals surface area contributed by atoms with Crippen LogP contribution in [-0.4, -0.2) is 34.0 Å². The van der Waals surface area contributed by atoms with Gasteiger partial charge in [0, 0.05) is 10.5 Å². The van der Waals surface area contributed by atoms with E-state index in [4.69, 9.17) is 0 Å². The first-order chi connectivity index (χ1) is 13.2. The lowest BCUT2D eigenvalue weighted by molar-refractivity contribution is 0.185. The molecule has 1 aromatic rings. The Morgan fingerprint density at radius 2 is 2.11 bits per heavy atom. The van der Waals surface area contributed by atoms with Gasteiger partial charge in [0.15, 0.2) is 0 Å². The van der Waals surface area contributed by atoms with Crippen LogP contribution in [0.5, 0.6) is 0 Å². The van der Waals surface area contributed by atoms with Crippen molar-refractivity contribution in [3.63, 3.8) is 0 Å². The first-order valence-corrected chi connectivity index (χ1v) is 10.1. The molecular formula is C20H24BrFN4O2. The average Bonchev–Trinajstić information content (AvgIpc) is 2.91. The average molecular weight is 451 g/mol. The molecule has 8 heteroatoms. The van der Waals surface area contributed by atoms with Crippen LogP contribution in [0, 0.1) is 11.7 Å². The van der Waals surface area contributed by atoms with Gasteiger partial charge in [0.25, 0.3) is 0 Å². The number of carbonyl (C=O) groups excluding carboxylic acids is 2. The largest absolute Gasteiger partial charge is 0.338 e. The van der Waals surface area contributed by atoms with Crippen molar-refractivity contribution in [2.24, 2.45) is 5.92 Å². The third-order valence-electron chi connectivity index (χ3n) is 4.94. The SMILES string of the molecule is CC1C=C(NC(=O)NN2CC(C)(CCc3ccc(F)cc3)NC2=O)C=CC1Br. The number of hydrogen-bond donors (Lipinski definition) is 3. The summed E-state index contributed by atoms with van der Waals surface area (Å²) >= 11 is 3.53. The van der Waals surface area contributed by atoms with E-state index in [2.05, 4.69) is 32.0 Å². The van der Waals surface area contributed by atoms with E-state index >= 15 is 0 Å². The first-order valence-electron chi connectivity index (χ1n) is 9.20. The molecule has 3 N–H and O–H groups in total. The highest BCUT2D eigenvalue weighted by Crippen LogP contribution is 2.22. The third-order valence-corrected chi connectivity index (χ3v) is 6.08. The minimum atomic E-state index is -0.486. The number of rotatable bonds is 5. The topological polar surface area (TPSA) is 73.5 Å². The van der Waals surface area contributed by atoms with Gasteiger partial charge in [-0.3, -0.25) is 0 Å². The Morgan fingerprint density at radius 1 is 1.39 bits per heavy atom. The summed E-state index contributed by atoms with van der Waals surface area (Å²) in [6.07, 6.45) is 7.11. The summed E-state index contributed by atoms with van der Waals surface area (Å²) in [5.74, 6) is -0.0142. The lowest BCUT2D eigenvalue weighted by atomic mass is 9.94. The van der Waals surface area contributed by atoms with Gasteiger partial charge in [-0.2, -0.15) is 0 Å². The number of hydrogen-bond acceptors (Lipinski definition) is 2. The first kappa shape index (κ1) is 20.4. The Hall–Kier alpha value is -2.35. The van der Waals surface area contributed by atoms with Gasteiger partial charge in [0.05, 0.1) is 12.1 Å². The molecule has 6 nitrogen and oxygen atoms in total. The quantitative estimate of drug-likeness (QED) is 0.599. The van der Waals surface area contributed by atoms with Gasteiger partial charge in [0.1, 0.15) is 5.82 Å². The molecule has 28 heavy (non-hydrogen) atoms. The second-order valence-corrected chi connectivity index (χ2v) is 8.61. The molecule has 1 fully saturated rings. The minimum absolute atomic E-state index is 0.243. The number of nitrogens with zero attached hydrogens (tertiary/aromatic N) is 1. The van der Waals surface area contributed by atoms with Crippen molar-refractivity contribution < 1.29 is 14.0 Å². The number of carbonyl (C=O) groups is 2. The molecule has 3 atom stereocenters. The minimum Gasteiger partial charge on any atom is -0.330 e. The fraction of sp³-hybridized carbons (Fsp3) is 0.400. The maximum absolute atomic E-state index is 13.0. The van der Waals surface area contributed by atoms with Crippen molar-refractivity contribution >= 4 is 28.0 Å². The normalized spacial score (nSPS) is 26.6. The van der Waals surface area contributed by atoms with E-state index in [0.29, 0.717) is 25.1 Å². The van der Waals surface area contributed by atoms with Crippen LogP contribution in [0.3, 0.4) is 0 Å². The summed E-state index contributed by atoms with van der Waals surface area (Å²) in [6, 6.07) is 5.52. The highest BCUT2D eigenvalue weighted by Gasteiger charge is 2.39. The van der Waals surface area contributed by atoms with Crippen LogP contribution in [0.4, 0.5) is 14.0 Å². The van der Waals surface area contributed by atoms with Gasteiger partial charge < -0.3 is 10.6 Å². The predicted octanol–water partition coefficient (Wildman–Crippen LogP) is 3.61. The molecule has 3 unspecified atom stereocenters. The number of allylic oxidation sites excluding steroid dienone is 3. The smallest absolute Gasteiger partial charge is 0.330 e. The van der Waals surface area contributed by atoms with E-state index in [0.717, 1.165) is 5.56 Å². The fourth-order valence-electron chi connectivity index (χ4n) is 3.26. The lowest BCUT2D eigenvalue weighted by Gasteiger charge is -2.24. The molecule has 0 radical (unpaired) electrons. The van der Waals surface area contributed by atoms with Gasteiger partial charge in [-0.25, -0.2) is 24.4 Å². The number of hydrazine groups is 1. The van der Waals surface area contributed by atoms with Crippen LogP contribution in [0.2, 0.25) is 0 Å². The van der Waals surface area contributed by atoms with E-state index in [1.54, 1.807) is 12.1 Å². The molecule has 1 aliphatic heterocycles. The Bertz CT molecular complexity index is 811. The van der Waals surface area contributed by atoms with E-state index < -0.39 is 11.6 Å². The van der Waals surface area contributed by atoms with Gasteiger partial charge in [-0.15, -0.1) is 0 Å². The van der Waals surface area contributed by atoms with Crippen LogP contribution >= 0.6 is 15.9 Å². The summed E-state index contributed by atoms with van der Waals surface area (Å²) in [5, 5.41) is 6.96. The van der Waals surface area contributed by atoms with Crippen molar-refractivity contribution in [2.45, 2.75) is 37.1 Å². The summed E-state index contributed by atoms with van der Waals surface area (Å²) in [4.78, 5) is 24.8. The van der Waals surface area contributed by atoms with Gasteiger partial charge in [-0.1, -0.05) is 47.1 Å². The van der Waals surface area contributed by atoms with Crippen molar-refractivity contribution in [1.82, 2.24) is 21.1 Å². The fourth-order valence-corrected chi connectivity index (χ4v) is 3.56. The van der Waals surface area contributed by atoms with Gasteiger partial charge in [0.2, 0.25) is 0 Å². The van der Waals surface area contributed by atoms with Crippen LogP contribution in [0.25, 0.3) is 0 Å². The number of alkyl halides is 1. The molecule has 0 bridgehead atoms. The van der Waals surface area contributed by atoms with E-state index in [9.17, 15) is 14.0 Å². The Labute approximate surface area is 172 Å². The van der Waals surface area contributed by atoms with E-state index in [-0.39, 0.29) is 22.6 Å². The molecule has 2 aliphatic rings. The summed E-state index contributed by atoms with van der Waals surface area (Å²) < 4.78 is 13.0. The number of nitrogens with one attached hydrogen (secondary N) is 3. The van der Waals surface area contributed by atoms with Crippen LogP contribution in [-0.2, 0) is 6.42 Å². The molecule has 4 amide bonds. The van der Waals surface area contributed by atoms with E-state index in [1.165, 1.54) is 17.1 Å². The molecule has 1 aliphatic carbocycles. The number of aryl methyl sites for hydroxylation is 1. The van der Waals surface area contributed by atoms with Crippen molar-refractivity contribution in [3.8, 4) is 0 Å². The number of benzene rings is 1. The lowest BCUT2D eigenvalue weighted by Crippen LogP contribution is -2.48. The monoisotopic (exact) mass is 450 g/mol. The van der Waals surface area contributed by atoms with Crippen LogP contribution in [0.15, 0.2) is 48.2 Å². The summed E-state index contributed by atoms with van der Waals surface area (Å²) in [7, 11) is 0. The number of urea groups is 2. The van der Waals surface area contributed by atoms with Crippen LogP contribution in [0.1, 0.15) is 25.8 Å². The molecule has 0 aromatic heterocycles. The summed E-state index contributed by atoms with van der Waals surface area (Å²) in [6.45, 7) is 4.32. The zero-order chi connectivity index (χ0) is 20.3. The number of amides is 4. The Morgan fingerprint density at radius 3 is 2.79 bits per heavy atom. The Kier molecular flexibility index (Phi) is 6.07. The molecule has 1 heterocycles. The standard InChI is InChI=1S/C20H24BrFN4O2/c1-13-11-16(7-8-17(13)21)23-18(27)25-26-12-20(2,24-19(26)28)10-9-14-3-5-15(22)6-4-14/h3-8,11,13,17H,9-10,12H2,1-2H3,(H,24,28)(H2,23,25,27). The second kappa shape index (κ2) is 8.34. The molecule has 0 spiro atoms. The maximum Gasteiger partial charge on any atom is 0.338 e. The zero-order valence-electron chi connectivity index (χ0n) is 15.8. The molecule has 1 saturated heterocycles. The van der Waals surface area contributed by atoms with Crippen molar-refractivity contribution in [3.05, 3.63) is 59.6 Å². The highest BCUT2D eigenvalue weighted by atomic mass is 79.9. The van der Waals surface area contributed by atoms with E-state index in [1.807, 2.05) is 32.1 Å². The van der Waals surface area contributed by atoms with Crippen LogP contribution < -0.4 is 16.1 Å². The second-order valence-electron chi connectivity index (χ2n) is 7.55. The molecular weight excluding hydrogens is 427 g/mol. The predicted molar refractivity (Wildman–Crippen MR) is 109 cm³/mol.